The molecule has 0 aliphatic carbocycles. The van der Waals surface area contributed by atoms with Crippen LogP contribution in [0.25, 0.3) is 0 Å². The third kappa shape index (κ3) is 8.25. The Labute approximate surface area is 204 Å². The van der Waals surface area contributed by atoms with Gasteiger partial charge < -0.3 is 19.9 Å². The Morgan fingerprint density at radius 2 is 1.68 bits per heavy atom. The van der Waals surface area contributed by atoms with Gasteiger partial charge in [-0.15, -0.1) is 24.0 Å². The second-order valence-electron chi connectivity index (χ2n) is 8.33. The molecule has 1 aromatic rings. The van der Waals surface area contributed by atoms with E-state index >= 15 is 0 Å². The highest BCUT2D eigenvalue weighted by Gasteiger charge is 2.24. The first-order valence-electron chi connectivity index (χ1n) is 11.7. The Bertz CT molecular complexity index is 669. The molecule has 0 radical (unpaired) electrons. The lowest BCUT2D eigenvalue weighted by Crippen LogP contribution is -2.47. The minimum atomic E-state index is 0. The Kier molecular flexibility index (Phi) is 11.6. The number of hydrogen-bond donors (Lipinski definition) is 1. The molecule has 0 aromatic heterocycles. The molecule has 2 aliphatic rings. The van der Waals surface area contributed by atoms with Gasteiger partial charge in [0.2, 0.25) is 5.91 Å². The first kappa shape index (κ1) is 25.9. The lowest BCUT2D eigenvalue weighted by atomic mass is 9.90. The molecular weight excluding hydrogens is 503 g/mol. The normalized spacial score (nSPS) is 18.6. The van der Waals surface area contributed by atoms with Gasteiger partial charge in [0, 0.05) is 39.3 Å². The fraction of sp³-hybridized carbons (Fsp3) is 0.667. The van der Waals surface area contributed by atoms with Gasteiger partial charge in [-0.1, -0.05) is 30.3 Å². The SMILES string of the molecule is CCNC(=NCC(=O)N1CCC(Cc2ccccc2)CC1)N1CCC(OCC)CC1.I. The highest BCUT2D eigenvalue weighted by atomic mass is 127. The van der Waals surface area contributed by atoms with Gasteiger partial charge in [-0.25, -0.2) is 4.99 Å². The van der Waals surface area contributed by atoms with Gasteiger partial charge in [0.25, 0.3) is 0 Å². The third-order valence-corrected chi connectivity index (χ3v) is 6.18. The van der Waals surface area contributed by atoms with E-state index < -0.39 is 0 Å². The van der Waals surface area contributed by atoms with E-state index in [0.29, 0.717) is 12.0 Å². The molecule has 6 nitrogen and oxygen atoms in total. The first-order valence-corrected chi connectivity index (χ1v) is 11.7. The largest absolute Gasteiger partial charge is 0.378 e. The molecule has 0 atom stereocenters. The summed E-state index contributed by atoms with van der Waals surface area (Å²) in [5.74, 6) is 1.68. The fourth-order valence-electron chi connectivity index (χ4n) is 4.47. The zero-order valence-corrected chi connectivity index (χ0v) is 21.4. The number of rotatable bonds is 7. The summed E-state index contributed by atoms with van der Waals surface area (Å²) in [4.78, 5) is 21.7. The van der Waals surface area contributed by atoms with Crippen molar-refractivity contribution >= 4 is 35.8 Å². The number of carbonyl (C=O) groups excluding carboxylic acids is 1. The zero-order chi connectivity index (χ0) is 21.2. The standard InChI is InChI=1S/C24H38N4O2.HI/c1-3-25-24(28-16-12-22(13-17-28)30-4-2)26-19-23(29)27-14-10-21(11-15-27)18-20-8-6-5-7-9-20;/h5-9,21-22H,3-4,10-19H2,1-2H3,(H,25,26);1H. The number of halogens is 1. The van der Waals surface area contributed by atoms with Crippen LogP contribution in [0.1, 0.15) is 45.1 Å². The van der Waals surface area contributed by atoms with E-state index in [1.165, 1.54) is 5.56 Å². The van der Waals surface area contributed by atoms with Crippen LogP contribution < -0.4 is 5.32 Å². The molecule has 0 saturated carbocycles. The van der Waals surface area contributed by atoms with Crippen molar-refractivity contribution in [2.75, 3.05) is 45.9 Å². The van der Waals surface area contributed by atoms with E-state index in [9.17, 15) is 4.79 Å². The number of benzene rings is 1. The summed E-state index contributed by atoms with van der Waals surface area (Å²) in [6, 6.07) is 10.7. The summed E-state index contributed by atoms with van der Waals surface area (Å²) in [5, 5.41) is 3.36. The Balaban J connectivity index is 0.00000341. The highest BCUT2D eigenvalue weighted by molar-refractivity contribution is 14.0. The van der Waals surface area contributed by atoms with E-state index in [-0.39, 0.29) is 36.4 Å². The van der Waals surface area contributed by atoms with E-state index in [2.05, 4.69) is 52.5 Å². The maximum absolute atomic E-state index is 12.7. The molecule has 0 unspecified atom stereocenters. The van der Waals surface area contributed by atoms with Crippen LogP contribution in [0.5, 0.6) is 0 Å². The van der Waals surface area contributed by atoms with E-state index in [0.717, 1.165) is 77.4 Å². The molecule has 7 heteroatoms. The maximum Gasteiger partial charge on any atom is 0.244 e. The minimum absolute atomic E-state index is 0. The third-order valence-electron chi connectivity index (χ3n) is 6.18. The maximum atomic E-state index is 12.7. The van der Waals surface area contributed by atoms with Crippen molar-refractivity contribution in [3.63, 3.8) is 0 Å². The van der Waals surface area contributed by atoms with Crippen LogP contribution in [0.15, 0.2) is 35.3 Å². The first-order chi connectivity index (χ1) is 14.7. The molecule has 0 bridgehead atoms. The molecule has 1 N–H and O–H groups in total. The van der Waals surface area contributed by atoms with Gasteiger partial charge in [0.05, 0.1) is 6.10 Å². The monoisotopic (exact) mass is 542 g/mol. The van der Waals surface area contributed by atoms with Crippen LogP contribution in [0, 0.1) is 5.92 Å². The van der Waals surface area contributed by atoms with Gasteiger partial charge >= 0.3 is 0 Å². The summed E-state index contributed by atoms with van der Waals surface area (Å²) in [5.41, 5.74) is 1.40. The van der Waals surface area contributed by atoms with Crippen LogP contribution in [0.4, 0.5) is 0 Å². The second kappa shape index (κ2) is 13.9. The smallest absolute Gasteiger partial charge is 0.244 e. The van der Waals surface area contributed by atoms with E-state index in [4.69, 9.17) is 4.74 Å². The average molecular weight is 543 g/mol. The van der Waals surface area contributed by atoms with Crippen LogP contribution in [-0.4, -0.2) is 73.6 Å². The summed E-state index contributed by atoms with van der Waals surface area (Å²) < 4.78 is 5.75. The predicted molar refractivity (Wildman–Crippen MR) is 137 cm³/mol. The van der Waals surface area contributed by atoms with Gasteiger partial charge in [-0.3, -0.25) is 4.79 Å². The summed E-state index contributed by atoms with van der Waals surface area (Å²) in [6.07, 6.45) is 5.66. The second-order valence-corrected chi connectivity index (χ2v) is 8.33. The molecule has 2 saturated heterocycles. The number of nitrogens with one attached hydrogen (secondary N) is 1. The Morgan fingerprint density at radius 1 is 1.03 bits per heavy atom. The number of nitrogens with zero attached hydrogens (tertiary/aromatic N) is 3. The molecule has 1 aromatic carbocycles. The van der Waals surface area contributed by atoms with Crippen molar-refractivity contribution in [1.82, 2.24) is 15.1 Å². The average Bonchev–Trinajstić information content (AvgIpc) is 2.78. The van der Waals surface area contributed by atoms with Crippen molar-refractivity contribution in [3.05, 3.63) is 35.9 Å². The minimum Gasteiger partial charge on any atom is -0.378 e. The van der Waals surface area contributed by atoms with Crippen LogP contribution in [0.2, 0.25) is 0 Å². The zero-order valence-electron chi connectivity index (χ0n) is 19.1. The number of ether oxygens (including phenoxy) is 1. The lowest BCUT2D eigenvalue weighted by Gasteiger charge is -2.34. The van der Waals surface area contributed by atoms with Crippen LogP contribution in [0.3, 0.4) is 0 Å². The van der Waals surface area contributed by atoms with Gasteiger partial charge in [-0.2, -0.15) is 0 Å². The number of piperidine rings is 2. The highest BCUT2D eigenvalue weighted by Crippen LogP contribution is 2.22. The van der Waals surface area contributed by atoms with Crippen molar-refractivity contribution < 1.29 is 9.53 Å². The number of aliphatic imine (C=N–C) groups is 1. The van der Waals surface area contributed by atoms with Crippen molar-refractivity contribution in [1.29, 1.82) is 0 Å². The van der Waals surface area contributed by atoms with Crippen molar-refractivity contribution in [2.45, 2.75) is 52.1 Å². The van der Waals surface area contributed by atoms with Gasteiger partial charge in [0.15, 0.2) is 5.96 Å². The van der Waals surface area contributed by atoms with Gasteiger partial charge in [-0.05, 0) is 57.4 Å². The van der Waals surface area contributed by atoms with Gasteiger partial charge in [0.1, 0.15) is 6.54 Å². The molecule has 3 rings (SSSR count). The summed E-state index contributed by atoms with van der Waals surface area (Å²) in [6.45, 7) is 9.49. The summed E-state index contributed by atoms with van der Waals surface area (Å²) in [7, 11) is 0. The molecule has 2 fully saturated rings. The van der Waals surface area contributed by atoms with E-state index in [1.54, 1.807) is 0 Å². The molecule has 2 aliphatic heterocycles. The number of likely N-dealkylation sites (tertiary alicyclic amines) is 2. The molecule has 0 spiro atoms. The van der Waals surface area contributed by atoms with Crippen molar-refractivity contribution in [3.8, 4) is 0 Å². The number of carbonyl (C=O) groups is 1. The number of hydrogen-bond acceptors (Lipinski definition) is 3. The molecule has 174 valence electrons. The molecule has 1 amide bonds. The quantitative estimate of drug-likeness (QED) is 0.326. The molecule has 31 heavy (non-hydrogen) atoms. The fourth-order valence-corrected chi connectivity index (χ4v) is 4.47. The summed E-state index contributed by atoms with van der Waals surface area (Å²) >= 11 is 0. The number of amides is 1. The van der Waals surface area contributed by atoms with Crippen LogP contribution in [-0.2, 0) is 16.0 Å². The Hall–Kier alpha value is -1.35. The molecule has 2 heterocycles. The molecular formula is C24H39IN4O2. The lowest BCUT2D eigenvalue weighted by molar-refractivity contribution is -0.131. The predicted octanol–water partition coefficient (Wildman–Crippen LogP) is 3.55. The Morgan fingerprint density at radius 3 is 2.29 bits per heavy atom. The topological polar surface area (TPSA) is 57.2 Å². The van der Waals surface area contributed by atoms with E-state index in [1.807, 2.05) is 11.8 Å². The number of guanidine groups is 1. The van der Waals surface area contributed by atoms with Crippen molar-refractivity contribution in [2.24, 2.45) is 10.9 Å². The van der Waals surface area contributed by atoms with Crippen LogP contribution >= 0.6 is 24.0 Å².